The third kappa shape index (κ3) is 4.99. The number of carbonyl (C=O) groups is 1. The topological polar surface area (TPSA) is 43.3 Å². The molecule has 7 heteroatoms. The van der Waals surface area contributed by atoms with Gasteiger partial charge in [0.1, 0.15) is 5.75 Å². The average molecular weight is 420 g/mol. The van der Waals surface area contributed by atoms with Gasteiger partial charge >= 0.3 is 6.36 Å². The standard InChI is InChI=1S/C23H27F3N2O2/c1-15-20(22(29)27-18-5-3-2-4-6-18)13-21(28(15)14-16-7-8-16)17-9-11-19(12-10-17)30-23(24,25)26/h9-13,16,18H,2-8,14H2,1H3,(H,27,29). The van der Waals surface area contributed by atoms with Crippen LogP contribution >= 0.6 is 0 Å². The van der Waals surface area contributed by atoms with Gasteiger partial charge in [0.05, 0.1) is 5.56 Å². The summed E-state index contributed by atoms with van der Waals surface area (Å²) in [5.41, 5.74) is 3.17. The first-order chi connectivity index (χ1) is 14.3. The molecule has 0 atom stereocenters. The zero-order valence-electron chi connectivity index (χ0n) is 17.1. The fourth-order valence-electron chi connectivity index (χ4n) is 4.25. The van der Waals surface area contributed by atoms with Gasteiger partial charge in [-0.1, -0.05) is 19.3 Å². The van der Waals surface area contributed by atoms with E-state index in [2.05, 4.69) is 14.6 Å². The molecular formula is C23H27F3N2O2. The number of benzene rings is 1. The highest BCUT2D eigenvalue weighted by Crippen LogP contribution is 2.35. The second-order valence-electron chi connectivity index (χ2n) is 8.46. The number of rotatable bonds is 6. The largest absolute Gasteiger partial charge is 0.573 e. The molecule has 1 amide bonds. The molecule has 1 N–H and O–H groups in total. The number of nitrogens with one attached hydrogen (secondary N) is 1. The Kier molecular flexibility index (Phi) is 5.80. The number of amides is 1. The van der Waals surface area contributed by atoms with Crippen LogP contribution in [-0.2, 0) is 6.54 Å². The molecule has 0 radical (unpaired) electrons. The number of alkyl halides is 3. The molecule has 0 saturated heterocycles. The lowest BCUT2D eigenvalue weighted by atomic mass is 9.95. The van der Waals surface area contributed by atoms with Crippen molar-refractivity contribution in [3.63, 3.8) is 0 Å². The maximum Gasteiger partial charge on any atom is 0.573 e. The Hall–Kier alpha value is -2.44. The van der Waals surface area contributed by atoms with E-state index in [1.165, 1.54) is 31.4 Å². The lowest BCUT2D eigenvalue weighted by Gasteiger charge is -2.22. The Morgan fingerprint density at radius 3 is 2.37 bits per heavy atom. The summed E-state index contributed by atoms with van der Waals surface area (Å²) in [5.74, 6) is 0.280. The molecule has 2 aliphatic rings. The van der Waals surface area contributed by atoms with Gasteiger partial charge in [-0.3, -0.25) is 4.79 Å². The van der Waals surface area contributed by atoms with Crippen molar-refractivity contribution in [2.45, 2.75) is 70.8 Å². The highest BCUT2D eigenvalue weighted by atomic mass is 19.4. The summed E-state index contributed by atoms with van der Waals surface area (Å²) in [6, 6.07) is 7.95. The highest BCUT2D eigenvalue weighted by Gasteiger charge is 2.31. The summed E-state index contributed by atoms with van der Waals surface area (Å²) in [6.07, 6.45) is 3.16. The van der Waals surface area contributed by atoms with Crippen LogP contribution in [0.4, 0.5) is 13.2 Å². The lowest BCUT2D eigenvalue weighted by Crippen LogP contribution is -2.36. The van der Waals surface area contributed by atoms with Crippen LogP contribution < -0.4 is 10.1 Å². The predicted octanol–water partition coefficient (Wildman–Crippen LogP) is 5.83. The third-order valence-electron chi connectivity index (χ3n) is 6.07. The van der Waals surface area contributed by atoms with Crippen LogP contribution in [0.2, 0.25) is 0 Å². The number of nitrogens with zero attached hydrogens (tertiary/aromatic N) is 1. The van der Waals surface area contributed by atoms with E-state index in [-0.39, 0.29) is 17.7 Å². The maximum atomic E-state index is 13.0. The molecule has 0 unspecified atom stereocenters. The summed E-state index contributed by atoms with van der Waals surface area (Å²) in [6.45, 7) is 2.77. The fourth-order valence-corrected chi connectivity index (χ4v) is 4.25. The molecule has 2 saturated carbocycles. The van der Waals surface area contributed by atoms with Crippen LogP contribution in [0.25, 0.3) is 11.3 Å². The molecule has 1 heterocycles. The van der Waals surface area contributed by atoms with Crippen molar-refractivity contribution in [2.24, 2.45) is 5.92 Å². The van der Waals surface area contributed by atoms with E-state index < -0.39 is 6.36 Å². The molecule has 2 aromatic rings. The minimum absolute atomic E-state index is 0.0628. The molecule has 4 rings (SSSR count). The van der Waals surface area contributed by atoms with E-state index in [9.17, 15) is 18.0 Å². The van der Waals surface area contributed by atoms with Gasteiger partial charge in [-0.05, 0) is 74.4 Å². The van der Waals surface area contributed by atoms with Gasteiger partial charge in [0.2, 0.25) is 0 Å². The number of carbonyl (C=O) groups excluding carboxylic acids is 1. The van der Waals surface area contributed by atoms with Gasteiger partial charge in [0.25, 0.3) is 5.91 Å². The number of hydrogen-bond donors (Lipinski definition) is 1. The molecule has 30 heavy (non-hydrogen) atoms. The monoisotopic (exact) mass is 420 g/mol. The molecular weight excluding hydrogens is 393 g/mol. The SMILES string of the molecule is Cc1c(C(=O)NC2CCCCC2)cc(-c2ccc(OC(F)(F)F)cc2)n1CC1CC1. The van der Waals surface area contributed by atoms with Crippen LogP contribution in [0.5, 0.6) is 5.75 Å². The molecule has 0 bridgehead atoms. The fraction of sp³-hybridized carbons (Fsp3) is 0.522. The van der Waals surface area contributed by atoms with Gasteiger partial charge in [0.15, 0.2) is 0 Å². The zero-order chi connectivity index (χ0) is 21.3. The van der Waals surface area contributed by atoms with Crippen LogP contribution in [0.15, 0.2) is 30.3 Å². The maximum absolute atomic E-state index is 13.0. The highest BCUT2D eigenvalue weighted by molar-refractivity contribution is 5.97. The molecule has 162 valence electrons. The van der Waals surface area contributed by atoms with Crippen LogP contribution in [0.3, 0.4) is 0 Å². The van der Waals surface area contributed by atoms with E-state index in [1.54, 1.807) is 12.1 Å². The van der Waals surface area contributed by atoms with Gasteiger partial charge in [-0.15, -0.1) is 13.2 Å². The third-order valence-corrected chi connectivity index (χ3v) is 6.07. The Balaban J connectivity index is 1.60. The summed E-state index contributed by atoms with van der Waals surface area (Å²) < 4.78 is 43.4. The van der Waals surface area contributed by atoms with Crippen LogP contribution in [-0.4, -0.2) is 22.9 Å². The summed E-state index contributed by atoms with van der Waals surface area (Å²) in [5, 5.41) is 3.17. The molecule has 2 fully saturated rings. The van der Waals surface area contributed by atoms with Crippen molar-refractivity contribution >= 4 is 5.91 Å². The Morgan fingerprint density at radius 2 is 1.77 bits per heavy atom. The quantitative estimate of drug-likeness (QED) is 0.639. The first-order valence-corrected chi connectivity index (χ1v) is 10.7. The first-order valence-electron chi connectivity index (χ1n) is 10.7. The average Bonchev–Trinajstić information content (AvgIpc) is 3.46. The van der Waals surface area contributed by atoms with Crippen molar-refractivity contribution in [1.82, 2.24) is 9.88 Å². The second-order valence-corrected chi connectivity index (χ2v) is 8.46. The minimum Gasteiger partial charge on any atom is -0.406 e. The first kappa shape index (κ1) is 20.8. The molecule has 4 nitrogen and oxygen atoms in total. The van der Waals surface area contributed by atoms with Crippen LogP contribution in [0, 0.1) is 12.8 Å². The second kappa shape index (κ2) is 8.36. The Labute approximate surface area is 174 Å². The van der Waals surface area contributed by atoms with E-state index in [0.717, 1.165) is 49.2 Å². The summed E-state index contributed by atoms with van der Waals surface area (Å²) in [7, 11) is 0. The van der Waals surface area contributed by atoms with Crippen LogP contribution in [0.1, 0.15) is 61.0 Å². The summed E-state index contributed by atoms with van der Waals surface area (Å²) in [4.78, 5) is 13.0. The molecule has 0 spiro atoms. The van der Waals surface area contributed by atoms with Gasteiger partial charge < -0.3 is 14.6 Å². The van der Waals surface area contributed by atoms with E-state index in [1.807, 2.05) is 13.0 Å². The Morgan fingerprint density at radius 1 is 1.10 bits per heavy atom. The normalized spacial score (nSPS) is 17.7. The van der Waals surface area contributed by atoms with Gasteiger partial charge in [0, 0.05) is 24.0 Å². The number of aromatic nitrogens is 1. The minimum atomic E-state index is -4.71. The van der Waals surface area contributed by atoms with E-state index in [0.29, 0.717) is 11.5 Å². The zero-order valence-corrected chi connectivity index (χ0v) is 17.1. The van der Waals surface area contributed by atoms with Crippen molar-refractivity contribution < 1.29 is 22.7 Å². The van der Waals surface area contributed by atoms with Crippen molar-refractivity contribution in [2.75, 3.05) is 0 Å². The Bertz CT molecular complexity index is 892. The number of ether oxygens (including phenoxy) is 1. The molecule has 1 aromatic heterocycles. The number of halogens is 3. The molecule has 0 aliphatic heterocycles. The van der Waals surface area contributed by atoms with E-state index >= 15 is 0 Å². The van der Waals surface area contributed by atoms with Crippen molar-refractivity contribution in [3.05, 3.63) is 41.6 Å². The lowest BCUT2D eigenvalue weighted by molar-refractivity contribution is -0.274. The molecule has 2 aliphatic carbocycles. The van der Waals surface area contributed by atoms with Crippen molar-refractivity contribution in [1.29, 1.82) is 0 Å². The predicted molar refractivity (Wildman–Crippen MR) is 108 cm³/mol. The summed E-state index contributed by atoms with van der Waals surface area (Å²) >= 11 is 0. The smallest absolute Gasteiger partial charge is 0.406 e. The molecule has 1 aromatic carbocycles. The van der Waals surface area contributed by atoms with E-state index in [4.69, 9.17) is 0 Å². The van der Waals surface area contributed by atoms with Gasteiger partial charge in [-0.25, -0.2) is 0 Å². The number of hydrogen-bond acceptors (Lipinski definition) is 2. The van der Waals surface area contributed by atoms with Gasteiger partial charge in [-0.2, -0.15) is 0 Å². The van der Waals surface area contributed by atoms with Crippen molar-refractivity contribution in [3.8, 4) is 17.0 Å².